The lowest BCUT2D eigenvalue weighted by molar-refractivity contribution is -0.207. The molecule has 0 unspecified atom stereocenters. The molecule has 13 nitrogen and oxygen atoms in total. The van der Waals surface area contributed by atoms with Crippen LogP contribution in [-0.4, -0.2) is 86.7 Å². The Labute approximate surface area is 248 Å². The number of hydrogen-bond donors (Lipinski definition) is 2. The number of halogens is 6. The molecule has 2 atom stereocenters. The fraction of sp³-hybridized carbons (Fsp3) is 0.320. The van der Waals surface area contributed by atoms with Gasteiger partial charge >= 0.3 is 11.9 Å². The first-order valence-corrected chi connectivity index (χ1v) is 13.0. The molecular formula is C25H21ClF5N9O4. The van der Waals surface area contributed by atoms with Crippen molar-refractivity contribution in [2.75, 3.05) is 6.54 Å². The molecule has 4 aromatic rings. The number of carbonyl (C=O) groups is 2. The maximum absolute atomic E-state index is 14.1. The number of primary amides is 1. The van der Waals surface area contributed by atoms with Crippen molar-refractivity contribution in [1.29, 1.82) is 0 Å². The normalized spacial score (nSPS) is 17.2. The summed E-state index contributed by atoms with van der Waals surface area (Å²) in [7, 11) is 0. The molecule has 0 saturated carbocycles. The smallest absolute Gasteiger partial charge is 0.382 e. The topological polar surface area (TPSA) is 167 Å². The number of aliphatic hydroxyl groups is 1. The Morgan fingerprint density at radius 1 is 1.14 bits per heavy atom. The zero-order valence-electron chi connectivity index (χ0n) is 22.2. The lowest BCUT2D eigenvalue weighted by Crippen LogP contribution is -2.44. The minimum atomic E-state index is -5.01. The van der Waals surface area contributed by atoms with Crippen molar-refractivity contribution in [3.63, 3.8) is 0 Å². The van der Waals surface area contributed by atoms with Crippen molar-refractivity contribution < 1.29 is 36.6 Å². The molecule has 0 radical (unpaired) electrons. The van der Waals surface area contributed by atoms with Gasteiger partial charge < -0.3 is 15.7 Å². The molecule has 2 amide bonds. The van der Waals surface area contributed by atoms with Gasteiger partial charge in [-0.2, -0.15) is 13.2 Å². The molecule has 1 saturated heterocycles. The van der Waals surface area contributed by atoms with Gasteiger partial charge in [0.05, 0.1) is 18.8 Å². The summed E-state index contributed by atoms with van der Waals surface area (Å²) in [6.45, 7) is -2.65. The van der Waals surface area contributed by atoms with Gasteiger partial charge in [0, 0.05) is 23.2 Å². The summed E-state index contributed by atoms with van der Waals surface area (Å²) in [4.78, 5) is 46.8. The number of aliphatic hydroxyl groups excluding tert-OH is 1. The number of alkyl halides is 5. The summed E-state index contributed by atoms with van der Waals surface area (Å²) in [5.41, 5.74) is 4.10. The van der Waals surface area contributed by atoms with Gasteiger partial charge in [0.15, 0.2) is 23.4 Å². The third-order valence-corrected chi connectivity index (χ3v) is 6.94. The van der Waals surface area contributed by atoms with Gasteiger partial charge in [0.25, 0.3) is 11.8 Å². The third kappa shape index (κ3) is 6.16. The molecule has 232 valence electrons. The van der Waals surface area contributed by atoms with Crippen LogP contribution in [0.15, 0.2) is 53.7 Å². The highest BCUT2D eigenvalue weighted by Gasteiger charge is 2.50. The van der Waals surface area contributed by atoms with Gasteiger partial charge in [-0.15, -0.1) is 10.2 Å². The predicted octanol–water partition coefficient (Wildman–Crippen LogP) is 1.65. The van der Waals surface area contributed by atoms with Crippen LogP contribution in [0.1, 0.15) is 22.7 Å². The van der Waals surface area contributed by atoms with Crippen molar-refractivity contribution >= 4 is 23.4 Å². The summed E-state index contributed by atoms with van der Waals surface area (Å²) >= 11 is 5.90. The van der Waals surface area contributed by atoms with Crippen LogP contribution in [0.25, 0.3) is 17.1 Å². The van der Waals surface area contributed by atoms with Crippen LogP contribution < -0.4 is 11.4 Å². The van der Waals surface area contributed by atoms with Gasteiger partial charge in [-0.3, -0.25) is 14.2 Å². The zero-order chi connectivity index (χ0) is 32.0. The lowest BCUT2D eigenvalue weighted by Gasteiger charge is -2.22. The number of amides is 2. The predicted molar refractivity (Wildman–Crippen MR) is 141 cm³/mol. The van der Waals surface area contributed by atoms with E-state index in [9.17, 15) is 41.4 Å². The molecule has 1 aliphatic heterocycles. The molecule has 0 bridgehead atoms. The number of benzene rings is 1. The molecule has 1 fully saturated rings. The molecule has 5 rings (SSSR count). The van der Waals surface area contributed by atoms with E-state index < -0.39 is 67.8 Å². The summed E-state index contributed by atoms with van der Waals surface area (Å²) in [6.07, 6.45) is -6.47. The Balaban J connectivity index is 1.46. The first-order chi connectivity index (χ1) is 20.6. The third-order valence-electron chi connectivity index (χ3n) is 6.68. The van der Waals surface area contributed by atoms with Crippen LogP contribution in [0.3, 0.4) is 0 Å². The molecular weight excluding hydrogens is 621 g/mol. The van der Waals surface area contributed by atoms with E-state index in [0.29, 0.717) is 14.5 Å². The van der Waals surface area contributed by atoms with Crippen LogP contribution in [-0.2, 0) is 17.9 Å². The van der Waals surface area contributed by atoms with Crippen LogP contribution in [0.4, 0.5) is 22.0 Å². The molecule has 4 heterocycles. The molecule has 3 aromatic heterocycles. The molecule has 3 N–H and O–H groups in total. The Kier molecular flexibility index (Phi) is 7.98. The maximum atomic E-state index is 14.1. The minimum absolute atomic E-state index is 0.0114. The van der Waals surface area contributed by atoms with E-state index in [1.165, 1.54) is 42.6 Å². The number of pyridine rings is 1. The number of hydrogen-bond acceptors (Lipinski definition) is 8. The highest BCUT2D eigenvalue weighted by Crippen LogP contribution is 2.33. The van der Waals surface area contributed by atoms with Crippen LogP contribution in [0, 0.1) is 0 Å². The summed E-state index contributed by atoms with van der Waals surface area (Å²) < 4.78 is 70.0. The zero-order valence-corrected chi connectivity index (χ0v) is 23.0. The fourth-order valence-corrected chi connectivity index (χ4v) is 4.71. The number of carbonyl (C=O) groups excluding carboxylic acids is 2. The minimum Gasteiger partial charge on any atom is -0.382 e. The van der Waals surface area contributed by atoms with Crippen molar-refractivity contribution in [3.8, 4) is 17.1 Å². The first-order valence-electron chi connectivity index (χ1n) is 12.7. The van der Waals surface area contributed by atoms with Crippen molar-refractivity contribution in [3.05, 3.63) is 75.9 Å². The quantitative estimate of drug-likeness (QED) is 0.274. The first kappa shape index (κ1) is 30.7. The number of nitrogens with zero attached hydrogens (tertiary/aromatic N) is 8. The monoisotopic (exact) mass is 641 g/mol. The van der Waals surface area contributed by atoms with Gasteiger partial charge in [0.2, 0.25) is 5.91 Å². The number of rotatable bonds is 8. The van der Waals surface area contributed by atoms with Crippen molar-refractivity contribution in [2.45, 2.75) is 43.8 Å². The van der Waals surface area contributed by atoms with Gasteiger partial charge in [-0.25, -0.2) is 32.9 Å². The van der Waals surface area contributed by atoms with E-state index in [1.807, 2.05) is 0 Å². The van der Waals surface area contributed by atoms with Gasteiger partial charge in [-0.1, -0.05) is 11.6 Å². The summed E-state index contributed by atoms with van der Waals surface area (Å²) in [6, 6.07) is 6.98. The average Bonchev–Trinajstić information content (AvgIpc) is 3.65. The summed E-state index contributed by atoms with van der Waals surface area (Å²) in [5, 5.41) is 18.3. The molecule has 19 heteroatoms. The van der Waals surface area contributed by atoms with Crippen LogP contribution >= 0.6 is 11.6 Å². The molecule has 0 spiro atoms. The van der Waals surface area contributed by atoms with Gasteiger partial charge in [-0.05, 0) is 36.4 Å². The Bertz CT molecular complexity index is 1770. The second-order valence-corrected chi connectivity index (χ2v) is 10.3. The number of nitrogens with two attached hydrogens (primary N) is 1. The van der Waals surface area contributed by atoms with Gasteiger partial charge in [0.1, 0.15) is 18.9 Å². The molecule has 1 aliphatic rings. The van der Waals surface area contributed by atoms with E-state index in [4.69, 9.17) is 17.3 Å². The summed E-state index contributed by atoms with van der Waals surface area (Å²) in [5.74, 6) is -5.74. The average molecular weight is 642 g/mol. The molecule has 44 heavy (non-hydrogen) atoms. The van der Waals surface area contributed by atoms with Crippen LogP contribution in [0.5, 0.6) is 0 Å². The van der Waals surface area contributed by atoms with E-state index >= 15 is 0 Å². The Morgan fingerprint density at radius 2 is 1.84 bits per heavy atom. The lowest BCUT2D eigenvalue weighted by atomic mass is 10.1. The van der Waals surface area contributed by atoms with E-state index in [2.05, 4.69) is 20.2 Å². The van der Waals surface area contributed by atoms with Crippen molar-refractivity contribution in [2.24, 2.45) is 5.73 Å². The fourth-order valence-electron chi connectivity index (χ4n) is 4.58. The van der Waals surface area contributed by atoms with E-state index in [-0.39, 0.29) is 28.6 Å². The highest BCUT2D eigenvalue weighted by molar-refractivity contribution is 6.30. The second kappa shape index (κ2) is 11.4. The van der Waals surface area contributed by atoms with Crippen molar-refractivity contribution in [1.82, 2.24) is 39.0 Å². The Morgan fingerprint density at radius 3 is 2.50 bits per heavy atom. The number of likely N-dealkylation sites (tertiary alicyclic amines) is 1. The largest absolute Gasteiger partial charge is 0.416 e. The SMILES string of the molecule is NC(=O)[C@@H]1CC(F)(F)CN1C(=O)c1ncccc1-n1cnc(Cn2nc(-c3ccc(Cl)cc3)n(C[C@@H](O)C(F)(F)F)c2=O)n1. The number of aromatic nitrogens is 7. The second-order valence-electron chi connectivity index (χ2n) is 9.83. The maximum Gasteiger partial charge on any atom is 0.416 e. The molecule has 1 aromatic carbocycles. The van der Waals surface area contributed by atoms with E-state index in [0.717, 1.165) is 15.7 Å². The standard InChI is InChI=1S/C25H21ClF5N9O4/c26-14-5-3-13(4-6-14)21-36-39(23(44)37(21)9-17(41)25(29,30)31)10-18-34-12-40(35-18)15-2-1-7-33-19(15)22(43)38-11-24(27,28)8-16(38)20(32)42/h1-7,12,16-17,41H,8-11H2,(H2,32,42)/t16-,17+/m0/s1. The highest BCUT2D eigenvalue weighted by atomic mass is 35.5. The molecule has 0 aliphatic carbocycles. The Hall–Kier alpha value is -4.71. The van der Waals surface area contributed by atoms with Crippen LogP contribution in [0.2, 0.25) is 5.02 Å². The van der Waals surface area contributed by atoms with E-state index in [1.54, 1.807) is 0 Å².